The number of amides is 2. The Labute approximate surface area is 189 Å². The van der Waals surface area contributed by atoms with Crippen LogP contribution in [0.2, 0.25) is 5.02 Å². The lowest BCUT2D eigenvalue weighted by Gasteiger charge is -2.09. The van der Waals surface area contributed by atoms with Crippen molar-refractivity contribution in [3.05, 3.63) is 95.8 Å². The van der Waals surface area contributed by atoms with E-state index in [1.165, 1.54) is 0 Å². The molecular weight excluding hydrogens is 428 g/mol. The monoisotopic (exact) mass is 446 g/mol. The Bertz CT molecular complexity index is 1170. The van der Waals surface area contributed by atoms with E-state index < -0.39 is 11.8 Å². The standard InChI is InChI=1S/C23H19ClN6O2/c24-18-13-7-8-14-19(18)25-15-20(31)27-28-23(32)21-26-22(16-9-3-1-4-10-16)30(29-21)17-11-5-2-6-12-17/h1-14,25H,15H2,(H,27,31)(H,28,32). The Hall–Kier alpha value is -4.17. The minimum absolute atomic E-state index is 0.0768. The van der Waals surface area contributed by atoms with Crippen molar-refractivity contribution in [3.63, 3.8) is 0 Å². The summed E-state index contributed by atoms with van der Waals surface area (Å²) < 4.78 is 1.59. The van der Waals surface area contributed by atoms with Gasteiger partial charge in [-0.25, -0.2) is 9.67 Å². The van der Waals surface area contributed by atoms with Crippen LogP contribution in [0.5, 0.6) is 0 Å². The van der Waals surface area contributed by atoms with Crippen molar-refractivity contribution in [2.75, 3.05) is 11.9 Å². The van der Waals surface area contributed by atoms with Crippen molar-refractivity contribution in [1.29, 1.82) is 0 Å². The van der Waals surface area contributed by atoms with Crippen LogP contribution in [-0.4, -0.2) is 33.1 Å². The van der Waals surface area contributed by atoms with E-state index in [1.807, 2.05) is 60.7 Å². The number of rotatable bonds is 6. The van der Waals surface area contributed by atoms with E-state index in [0.29, 0.717) is 16.5 Å². The Morgan fingerprint density at radius 1 is 0.844 bits per heavy atom. The van der Waals surface area contributed by atoms with E-state index >= 15 is 0 Å². The second-order valence-corrected chi connectivity index (χ2v) is 7.12. The summed E-state index contributed by atoms with van der Waals surface area (Å²) in [5.41, 5.74) is 6.86. The Balaban J connectivity index is 1.46. The van der Waals surface area contributed by atoms with Crippen LogP contribution >= 0.6 is 11.6 Å². The predicted octanol–water partition coefficient (Wildman–Crippen LogP) is 3.46. The number of aromatic nitrogens is 3. The molecule has 0 atom stereocenters. The molecule has 160 valence electrons. The largest absolute Gasteiger partial charge is 0.375 e. The highest BCUT2D eigenvalue weighted by atomic mass is 35.5. The lowest BCUT2D eigenvalue weighted by molar-refractivity contribution is -0.120. The van der Waals surface area contributed by atoms with Gasteiger partial charge in [-0.2, -0.15) is 0 Å². The number of carbonyl (C=O) groups is 2. The molecule has 0 aliphatic rings. The number of hydrazine groups is 1. The molecule has 1 heterocycles. The second kappa shape index (κ2) is 9.76. The number of nitrogens with zero attached hydrogens (tertiary/aromatic N) is 3. The van der Waals surface area contributed by atoms with Crippen LogP contribution in [0.25, 0.3) is 17.1 Å². The van der Waals surface area contributed by atoms with Gasteiger partial charge in [0.25, 0.3) is 5.91 Å². The summed E-state index contributed by atoms with van der Waals surface area (Å²) >= 11 is 6.05. The Kier molecular flexibility index (Phi) is 6.43. The number of benzene rings is 3. The summed E-state index contributed by atoms with van der Waals surface area (Å²) in [7, 11) is 0. The first-order chi connectivity index (χ1) is 15.6. The molecule has 2 amide bonds. The fourth-order valence-corrected chi connectivity index (χ4v) is 3.14. The summed E-state index contributed by atoms with van der Waals surface area (Å²) in [6, 6.07) is 25.8. The number of carbonyl (C=O) groups excluding carboxylic acids is 2. The van der Waals surface area contributed by atoms with Gasteiger partial charge in [0.15, 0.2) is 5.82 Å². The first-order valence-electron chi connectivity index (χ1n) is 9.77. The average molecular weight is 447 g/mol. The lowest BCUT2D eigenvalue weighted by atomic mass is 10.2. The summed E-state index contributed by atoms with van der Waals surface area (Å²) in [5.74, 6) is -0.660. The van der Waals surface area contributed by atoms with Gasteiger partial charge in [-0.15, -0.1) is 5.10 Å². The van der Waals surface area contributed by atoms with Gasteiger partial charge < -0.3 is 5.32 Å². The molecule has 0 aliphatic carbocycles. The molecule has 0 saturated heterocycles. The van der Waals surface area contributed by atoms with Gasteiger partial charge in [0, 0.05) is 5.56 Å². The normalized spacial score (nSPS) is 10.4. The van der Waals surface area contributed by atoms with E-state index in [2.05, 4.69) is 26.3 Å². The molecule has 0 radical (unpaired) electrons. The van der Waals surface area contributed by atoms with Gasteiger partial charge in [-0.05, 0) is 24.3 Å². The molecule has 4 rings (SSSR count). The Morgan fingerprint density at radius 2 is 1.50 bits per heavy atom. The fourth-order valence-electron chi connectivity index (χ4n) is 2.94. The molecule has 8 nitrogen and oxygen atoms in total. The average Bonchev–Trinajstić information content (AvgIpc) is 3.29. The molecule has 3 N–H and O–H groups in total. The molecule has 0 saturated carbocycles. The van der Waals surface area contributed by atoms with E-state index in [9.17, 15) is 9.59 Å². The molecule has 4 aromatic rings. The minimum atomic E-state index is -0.636. The number of hydrogen-bond acceptors (Lipinski definition) is 5. The molecule has 0 spiro atoms. The van der Waals surface area contributed by atoms with Gasteiger partial charge in [-0.3, -0.25) is 20.4 Å². The van der Waals surface area contributed by atoms with Crippen molar-refractivity contribution in [3.8, 4) is 17.1 Å². The van der Waals surface area contributed by atoms with Crippen molar-refractivity contribution in [2.45, 2.75) is 0 Å². The van der Waals surface area contributed by atoms with Crippen molar-refractivity contribution < 1.29 is 9.59 Å². The van der Waals surface area contributed by atoms with Crippen LogP contribution in [0.1, 0.15) is 10.6 Å². The molecule has 32 heavy (non-hydrogen) atoms. The van der Waals surface area contributed by atoms with Crippen LogP contribution < -0.4 is 16.2 Å². The summed E-state index contributed by atoms with van der Waals surface area (Å²) in [4.78, 5) is 29.1. The summed E-state index contributed by atoms with van der Waals surface area (Å²) in [6.45, 7) is -0.0782. The first-order valence-corrected chi connectivity index (χ1v) is 10.1. The van der Waals surface area contributed by atoms with Gasteiger partial charge >= 0.3 is 5.91 Å². The molecular formula is C23H19ClN6O2. The maximum absolute atomic E-state index is 12.6. The lowest BCUT2D eigenvalue weighted by Crippen LogP contribution is -2.44. The molecule has 0 unspecified atom stereocenters. The molecule has 0 fully saturated rings. The van der Waals surface area contributed by atoms with E-state index in [1.54, 1.807) is 28.9 Å². The van der Waals surface area contributed by atoms with Gasteiger partial charge in [0.2, 0.25) is 5.82 Å². The van der Waals surface area contributed by atoms with Crippen LogP contribution in [0, 0.1) is 0 Å². The first kappa shape index (κ1) is 21.1. The smallest absolute Gasteiger partial charge is 0.309 e. The molecule has 0 bridgehead atoms. The number of nitrogens with one attached hydrogen (secondary N) is 3. The zero-order valence-electron chi connectivity index (χ0n) is 16.8. The van der Waals surface area contributed by atoms with Crippen molar-refractivity contribution in [2.24, 2.45) is 0 Å². The minimum Gasteiger partial charge on any atom is -0.375 e. The highest BCUT2D eigenvalue weighted by molar-refractivity contribution is 6.33. The van der Waals surface area contributed by atoms with Crippen molar-refractivity contribution in [1.82, 2.24) is 25.6 Å². The third-order valence-electron chi connectivity index (χ3n) is 4.47. The fraction of sp³-hybridized carbons (Fsp3) is 0.0435. The number of para-hydroxylation sites is 2. The quantitative estimate of drug-likeness (QED) is 0.394. The third-order valence-corrected chi connectivity index (χ3v) is 4.80. The SMILES string of the molecule is O=C(CNc1ccccc1Cl)NNC(=O)c1nc(-c2ccccc2)n(-c2ccccc2)n1. The molecule has 9 heteroatoms. The molecule has 1 aromatic heterocycles. The van der Waals surface area contributed by atoms with E-state index in [-0.39, 0.29) is 12.4 Å². The molecule has 0 aliphatic heterocycles. The van der Waals surface area contributed by atoms with Crippen LogP contribution in [0.15, 0.2) is 84.9 Å². The zero-order valence-corrected chi connectivity index (χ0v) is 17.6. The third kappa shape index (κ3) is 4.93. The number of hydrogen-bond donors (Lipinski definition) is 3. The van der Waals surface area contributed by atoms with Gasteiger partial charge in [0.05, 0.1) is 22.9 Å². The second-order valence-electron chi connectivity index (χ2n) is 6.71. The predicted molar refractivity (Wildman–Crippen MR) is 122 cm³/mol. The number of halogens is 1. The molecule has 3 aromatic carbocycles. The van der Waals surface area contributed by atoms with Crippen LogP contribution in [-0.2, 0) is 4.79 Å². The van der Waals surface area contributed by atoms with E-state index in [0.717, 1.165) is 11.3 Å². The maximum Gasteiger partial charge on any atom is 0.309 e. The van der Waals surface area contributed by atoms with E-state index in [4.69, 9.17) is 11.6 Å². The van der Waals surface area contributed by atoms with Gasteiger partial charge in [-0.1, -0.05) is 72.3 Å². The summed E-state index contributed by atoms with van der Waals surface area (Å²) in [6.07, 6.45) is 0. The highest BCUT2D eigenvalue weighted by Crippen LogP contribution is 2.21. The zero-order chi connectivity index (χ0) is 22.3. The van der Waals surface area contributed by atoms with Gasteiger partial charge in [0.1, 0.15) is 0 Å². The van der Waals surface area contributed by atoms with Crippen LogP contribution in [0.4, 0.5) is 5.69 Å². The van der Waals surface area contributed by atoms with Crippen molar-refractivity contribution >= 4 is 29.1 Å². The summed E-state index contributed by atoms with van der Waals surface area (Å²) in [5, 5.41) is 7.74. The van der Waals surface area contributed by atoms with Crippen LogP contribution in [0.3, 0.4) is 0 Å². The number of anilines is 1. The topological polar surface area (TPSA) is 101 Å². The maximum atomic E-state index is 12.6. The highest BCUT2D eigenvalue weighted by Gasteiger charge is 2.19. The Morgan fingerprint density at radius 3 is 2.22 bits per heavy atom.